The van der Waals surface area contributed by atoms with E-state index in [9.17, 15) is 19.3 Å². The van der Waals surface area contributed by atoms with Crippen molar-refractivity contribution >= 4 is 28.1 Å². The molecule has 31 heavy (non-hydrogen) atoms. The number of para-hydroxylation sites is 1. The number of nitro benzene ring substituents is 1. The van der Waals surface area contributed by atoms with Crippen LogP contribution in [0.5, 0.6) is 0 Å². The van der Waals surface area contributed by atoms with Crippen LogP contribution in [0, 0.1) is 29.8 Å². The predicted molar refractivity (Wildman–Crippen MR) is 115 cm³/mol. The van der Waals surface area contributed by atoms with Crippen LogP contribution in [0.2, 0.25) is 0 Å². The van der Waals surface area contributed by atoms with E-state index in [2.05, 4.69) is 15.4 Å². The van der Waals surface area contributed by atoms with Crippen molar-refractivity contribution in [2.24, 2.45) is 0 Å². The molecule has 0 fully saturated rings. The van der Waals surface area contributed by atoms with Crippen molar-refractivity contribution in [1.82, 2.24) is 14.8 Å². The summed E-state index contributed by atoms with van der Waals surface area (Å²) in [4.78, 5) is 27.8. The van der Waals surface area contributed by atoms with E-state index in [1.165, 1.54) is 34.3 Å². The van der Waals surface area contributed by atoms with Crippen LogP contribution in [0.1, 0.15) is 21.6 Å². The van der Waals surface area contributed by atoms with Crippen molar-refractivity contribution in [2.45, 2.75) is 13.8 Å². The monoisotopic (exact) mass is 437 g/mol. The van der Waals surface area contributed by atoms with E-state index in [0.29, 0.717) is 27.6 Å². The van der Waals surface area contributed by atoms with E-state index >= 15 is 0 Å². The van der Waals surface area contributed by atoms with Crippen LogP contribution in [0.3, 0.4) is 0 Å². The number of nitro groups is 1. The molecule has 0 bridgehead atoms. The number of rotatable bonds is 5. The van der Waals surface area contributed by atoms with Gasteiger partial charge in [0, 0.05) is 22.6 Å². The summed E-state index contributed by atoms with van der Waals surface area (Å²) in [6, 6.07) is 11.0. The fraction of sp³-hybridized carbons (Fsp3) is 0.0952. The van der Waals surface area contributed by atoms with Crippen LogP contribution < -0.4 is 5.32 Å². The van der Waals surface area contributed by atoms with Crippen molar-refractivity contribution in [3.8, 4) is 16.9 Å². The van der Waals surface area contributed by atoms with Gasteiger partial charge in [-0.2, -0.15) is 5.10 Å². The Kier molecular flexibility index (Phi) is 5.30. The highest BCUT2D eigenvalue weighted by molar-refractivity contribution is 7.14. The Morgan fingerprint density at radius 2 is 2.00 bits per heavy atom. The number of aromatic nitrogens is 3. The molecule has 10 heteroatoms. The molecule has 0 spiro atoms. The minimum absolute atomic E-state index is 0.00673. The summed E-state index contributed by atoms with van der Waals surface area (Å²) in [5.74, 6) is -0.881. The number of hydrogen-bond acceptors (Lipinski definition) is 6. The van der Waals surface area contributed by atoms with E-state index in [1.807, 2.05) is 0 Å². The molecule has 156 valence electrons. The second-order valence-corrected chi connectivity index (χ2v) is 7.62. The molecule has 1 N–H and O–H groups in total. The molecule has 4 rings (SSSR count). The smallest absolute Gasteiger partial charge is 0.272 e. The molecular formula is C21H16FN5O3S. The van der Waals surface area contributed by atoms with Crippen molar-refractivity contribution < 1.29 is 14.1 Å². The third-order valence-electron chi connectivity index (χ3n) is 4.76. The van der Waals surface area contributed by atoms with Gasteiger partial charge in [0.25, 0.3) is 11.6 Å². The Balaban J connectivity index is 1.56. The molecule has 0 saturated carbocycles. The molecule has 2 heterocycles. The minimum Gasteiger partial charge on any atom is -0.298 e. The van der Waals surface area contributed by atoms with Crippen LogP contribution in [-0.2, 0) is 0 Å². The Hall–Kier alpha value is -3.92. The van der Waals surface area contributed by atoms with Gasteiger partial charge < -0.3 is 0 Å². The van der Waals surface area contributed by atoms with E-state index in [-0.39, 0.29) is 16.9 Å². The Morgan fingerprint density at radius 1 is 1.23 bits per heavy atom. The summed E-state index contributed by atoms with van der Waals surface area (Å²) in [6.45, 7) is 3.34. The standard InChI is InChI=1S/C21H16FN5O3S/c1-12-7-8-14(9-19(12)27(29)30)17-11-31-21(24-17)25-20(28)15-10-23-26(13(15)2)18-6-4-3-5-16(18)22/h3-11H,1-2H3,(H,24,25,28). The van der Waals surface area contributed by atoms with Gasteiger partial charge in [-0.05, 0) is 26.0 Å². The number of nitrogens with zero attached hydrogens (tertiary/aromatic N) is 4. The molecule has 8 nitrogen and oxygen atoms in total. The van der Waals surface area contributed by atoms with Crippen LogP contribution in [0.4, 0.5) is 15.2 Å². The minimum atomic E-state index is -0.447. The average Bonchev–Trinajstić information content (AvgIpc) is 3.35. The van der Waals surface area contributed by atoms with Gasteiger partial charge in [-0.1, -0.05) is 24.3 Å². The topological polar surface area (TPSA) is 103 Å². The molecule has 1 amide bonds. The molecule has 4 aromatic rings. The van der Waals surface area contributed by atoms with E-state index in [0.717, 1.165) is 0 Å². The fourth-order valence-corrected chi connectivity index (χ4v) is 3.81. The summed E-state index contributed by atoms with van der Waals surface area (Å²) in [5.41, 5.74) is 2.67. The van der Waals surface area contributed by atoms with Crippen molar-refractivity contribution in [3.63, 3.8) is 0 Å². The van der Waals surface area contributed by atoms with Crippen LogP contribution in [0.25, 0.3) is 16.9 Å². The van der Waals surface area contributed by atoms with Gasteiger partial charge in [-0.25, -0.2) is 14.1 Å². The molecule has 2 aromatic heterocycles. The zero-order valence-electron chi connectivity index (χ0n) is 16.5. The highest BCUT2D eigenvalue weighted by Gasteiger charge is 2.19. The lowest BCUT2D eigenvalue weighted by atomic mass is 10.1. The number of hydrogen-bond donors (Lipinski definition) is 1. The van der Waals surface area contributed by atoms with Gasteiger partial charge in [0.2, 0.25) is 0 Å². The number of benzene rings is 2. The number of carbonyl (C=O) groups is 1. The molecule has 0 atom stereocenters. The van der Waals surface area contributed by atoms with Gasteiger partial charge in [-0.3, -0.25) is 20.2 Å². The lowest BCUT2D eigenvalue weighted by molar-refractivity contribution is -0.385. The highest BCUT2D eigenvalue weighted by atomic mass is 32.1. The Morgan fingerprint density at radius 3 is 2.74 bits per heavy atom. The Labute approximate surface area is 180 Å². The van der Waals surface area contributed by atoms with Crippen LogP contribution in [0.15, 0.2) is 54.0 Å². The number of thiazole rings is 1. The third kappa shape index (κ3) is 3.92. The molecule has 2 aromatic carbocycles. The maximum absolute atomic E-state index is 14.1. The first-order chi connectivity index (χ1) is 14.8. The molecule has 0 aliphatic rings. The SMILES string of the molecule is Cc1ccc(-c2csc(NC(=O)c3cnn(-c4ccccc4F)c3C)n2)cc1[N+](=O)[O-]. The largest absolute Gasteiger partial charge is 0.298 e. The van der Waals surface area contributed by atoms with E-state index < -0.39 is 16.6 Å². The predicted octanol–water partition coefficient (Wildman–Crippen LogP) is 4.91. The summed E-state index contributed by atoms with van der Waals surface area (Å²) in [6.07, 6.45) is 1.37. The summed E-state index contributed by atoms with van der Waals surface area (Å²) in [5, 5.41) is 20.0. The maximum Gasteiger partial charge on any atom is 0.272 e. The van der Waals surface area contributed by atoms with Gasteiger partial charge in [-0.15, -0.1) is 11.3 Å². The average molecular weight is 437 g/mol. The molecule has 0 saturated heterocycles. The van der Waals surface area contributed by atoms with E-state index in [1.54, 1.807) is 49.6 Å². The number of anilines is 1. The third-order valence-corrected chi connectivity index (χ3v) is 5.52. The molecular weight excluding hydrogens is 421 g/mol. The number of aryl methyl sites for hydroxylation is 1. The second-order valence-electron chi connectivity index (χ2n) is 6.76. The molecule has 0 unspecified atom stereocenters. The van der Waals surface area contributed by atoms with Gasteiger partial charge >= 0.3 is 0 Å². The lowest BCUT2D eigenvalue weighted by Gasteiger charge is -2.06. The second kappa shape index (κ2) is 8.07. The van der Waals surface area contributed by atoms with Crippen molar-refractivity contribution in [3.05, 3.63) is 86.8 Å². The Bertz CT molecular complexity index is 1310. The van der Waals surface area contributed by atoms with E-state index in [4.69, 9.17) is 0 Å². The first-order valence-corrected chi connectivity index (χ1v) is 10.0. The number of amides is 1. The van der Waals surface area contributed by atoms with Crippen molar-refractivity contribution in [1.29, 1.82) is 0 Å². The first-order valence-electron chi connectivity index (χ1n) is 9.17. The normalized spacial score (nSPS) is 10.8. The van der Waals surface area contributed by atoms with Gasteiger partial charge in [0.1, 0.15) is 11.5 Å². The molecule has 0 aliphatic heterocycles. The maximum atomic E-state index is 14.1. The quantitative estimate of drug-likeness (QED) is 0.353. The zero-order chi connectivity index (χ0) is 22.1. The molecule has 0 aliphatic carbocycles. The van der Waals surface area contributed by atoms with Crippen LogP contribution >= 0.6 is 11.3 Å². The number of halogens is 1. The number of nitrogens with one attached hydrogen (secondary N) is 1. The van der Waals surface area contributed by atoms with Gasteiger partial charge in [0.05, 0.1) is 28.1 Å². The lowest BCUT2D eigenvalue weighted by Crippen LogP contribution is -2.13. The highest BCUT2D eigenvalue weighted by Crippen LogP contribution is 2.29. The number of carbonyl (C=O) groups excluding carboxylic acids is 1. The first kappa shape index (κ1) is 20.4. The summed E-state index contributed by atoms with van der Waals surface area (Å²) in [7, 11) is 0. The molecule has 0 radical (unpaired) electrons. The summed E-state index contributed by atoms with van der Waals surface area (Å²) >= 11 is 1.20. The van der Waals surface area contributed by atoms with Crippen LogP contribution in [-0.4, -0.2) is 25.6 Å². The van der Waals surface area contributed by atoms with Gasteiger partial charge in [0.15, 0.2) is 5.13 Å². The zero-order valence-corrected chi connectivity index (χ0v) is 17.3. The van der Waals surface area contributed by atoms with Crippen molar-refractivity contribution in [2.75, 3.05) is 5.32 Å². The fourth-order valence-electron chi connectivity index (χ4n) is 3.09. The summed E-state index contributed by atoms with van der Waals surface area (Å²) < 4.78 is 15.4.